The maximum absolute atomic E-state index is 12.6. The first-order valence-electron chi connectivity index (χ1n) is 10.2. The van der Waals surface area contributed by atoms with Crippen LogP contribution in [-0.4, -0.2) is 34.4 Å². The van der Waals surface area contributed by atoms with Gasteiger partial charge >= 0.3 is 5.97 Å². The largest absolute Gasteiger partial charge is 0.507 e. The number of benzene rings is 3. The number of hydrogen-bond donors (Lipinski definition) is 2. The molecule has 0 fully saturated rings. The summed E-state index contributed by atoms with van der Waals surface area (Å²) in [6.07, 6.45) is 0.0364. The number of allylic oxidation sites excluding steroid dienone is 1. The molecule has 6 heteroatoms. The van der Waals surface area contributed by atoms with Gasteiger partial charge in [-0.2, -0.15) is 0 Å². The highest BCUT2D eigenvalue weighted by Gasteiger charge is 2.36. The lowest BCUT2D eigenvalue weighted by Crippen LogP contribution is -2.29. The number of aromatic hydroxyl groups is 1. The third-order valence-corrected chi connectivity index (χ3v) is 5.56. The summed E-state index contributed by atoms with van der Waals surface area (Å²) in [6.45, 7) is 3.44. The fourth-order valence-electron chi connectivity index (χ4n) is 3.87. The molecule has 1 aliphatic carbocycles. The van der Waals surface area contributed by atoms with Crippen LogP contribution in [0.1, 0.15) is 46.5 Å². The normalized spacial score (nSPS) is 13.9. The average Bonchev–Trinajstić information content (AvgIpc) is 2.79. The first kappa shape index (κ1) is 21.3. The van der Waals surface area contributed by atoms with Crippen molar-refractivity contribution in [2.24, 2.45) is 5.41 Å². The molecule has 32 heavy (non-hydrogen) atoms. The second-order valence-corrected chi connectivity index (χ2v) is 8.63. The van der Waals surface area contributed by atoms with Crippen molar-refractivity contribution >= 4 is 34.1 Å². The van der Waals surface area contributed by atoms with Crippen LogP contribution in [0, 0.1) is 5.41 Å². The lowest BCUT2D eigenvalue weighted by molar-refractivity contribution is -0.112. The first-order chi connectivity index (χ1) is 15.2. The predicted octanol–water partition coefficient (Wildman–Crippen LogP) is 4.85. The highest BCUT2D eigenvalue weighted by Crippen LogP contribution is 2.36. The number of esters is 1. The van der Waals surface area contributed by atoms with Crippen molar-refractivity contribution in [1.82, 2.24) is 0 Å². The Balaban J connectivity index is 1.53. The Morgan fingerprint density at radius 3 is 2.28 bits per heavy atom. The lowest BCUT2D eigenvalue weighted by atomic mass is 9.79. The van der Waals surface area contributed by atoms with Crippen molar-refractivity contribution in [2.45, 2.75) is 20.3 Å². The molecule has 4 rings (SSSR count). The molecule has 0 atom stereocenters. The van der Waals surface area contributed by atoms with Crippen molar-refractivity contribution in [2.75, 3.05) is 6.61 Å². The van der Waals surface area contributed by atoms with Crippen LogP contribution in [0.15, 0.2) is 66.2 Å². The van der Waals surface area contributed by atoms with Crippen molar-refractivity contribution < 1.29 is 29.3 Å². The van der Waals surface area contributed by atoms with Gasteiger partial charge in [0, 0.05) is 27.5 Å². The van der Waals surface area contributed by atoms with Gasteiger partial charge in [0.1, 0.15) is 17.1 Å². The fourth-order valence-corrected chi connectivity index (χ4v) is 3.87. The summed E-state index contributed by atoms with van der Waals surface area (Å²) in [6, 6.07) is 16.8. The number of ether oxygens (including phenoxy) is 1. The van der Waals surface area contributed by atoms with E-state index < -0.39 is 23.0 Å². The molecule has 0 saturated heterocycles. The number of aliphatic hydroxyl groups is 1. The van der Waals surface area contributed by atoms with Gasteiger partial charge in [0.2, 0.25) is 11.6 Å². The number of hydrogen-bond acceptors (Lipinski definition) is 6. The van der Waals surface area contributed by atoms with E-state index in [1.54, 1.807) is 50.2 Å². The van der Waals surface area contributed by atoms with E-state index in [0.717, 1.165) is 5.39 Å². The van der Waals surface area contributed by atoms with E-state index in [0.29, 0.717) is 10.9 Å². The monoisotopic (exact) mass is 430 g/mol. The van der Waals surface area contributed by atoms with Crippen molar-refractivity contribution in [3.05, 3.63) is 82.9 Å². The number of rotatable bonds is 5. The SMILES string of the molecule is CC(C)(COC(=O)c1ccc2ccccc2c1O)CC1=C(O)c2ccccc2C(=O)C1=O. The topological polar surface area (TPSA) is 101 Å². The number of aliphatic hydroxyl groups excluding tert-OH is 1. The molecule has 0 radical (unpaired) electrons. The number of phenolic OH excluding ortho intramolecular Hbond substituents is 1. The molecule has 0 bridgehead atoms. The number of Topliss-reactive ketones (excluding diaryl/α,β-unsaturated/α-hetero) is 2. The van der Waals surface area contributed by atoms with E-state index in [1.807, 2.05) is 12.1 Å². The Hall–Kier alpha value is -3.93. The van der Waals surface area contributed by atoms with Crippen LogP contribution in [0.4, 0.5) is 0 Å². The van der Waals surface area contributed by atoms with E-state index in [-0.39, 0.29) is 41.2 Å². The van der Waals surface area contributed by atoms with Gasteiger partial charge in [0.25, 0.3) is 0 Å². The molecule has 0 aromatic heterocycles. The molecule has 0 spiro atoms. The molecule has 0 aliphatic heterocycles. The molecule has 0 heterocycles. The Morgan fingerprint density at radius 1 is 0.875 bits per heavy atom. The summed E-state index contributed by atoms with van der Waals surface area (Å²) in [5.74, 6) is -2.50. The minimum atomic E-state index is -0.757. The van der Waals surface area contributed by atoms with Gasteiger partial charge in [-0.1, -0.05) is 68.4 Å². The molecule has 2 N–H and O–H groups in total. The summed E-state index contributed by atoms with van der Waals surface area (Å²) in [5.41, 5.74) is -0.216. The summed E-state index contributed by atoms with van der Waals surface area (Å²) in [4.78, 5) is 37.7. The van der Waals surface area contributed by atoms with Crippen LogP contribution in [-0.2, 0) is 9.53 Å². The standard InChI is InChI=1S/C26H22O6/c1-26(2,13-20-22(28)17-9-5-6-10-18(17)23(29)24(20)30)14-32-25(31)19-12-11-15-7-3-4-8-16(15)21(19)27/h3-12,27-28H,13-14H2,1-2H3. The van der Waals surface area contributed by atoms with Crippen LogP contribution in [0.25, 0.3) is 16.5 Å². The van der Waals surface area contributed by atoms with Crippen molar-refractivity contribution in [3.63, 3.8) is 0 Å². The Bertz CT molecular complexity index is 1300. The zero-order valence-corrected chi connectivity index (χ0v) is 17.7. The second kappa shape index (κ2) is 7.96. The minimum absolute atomic E-state index is 0.00306. The minimum Gasteiger partial charge on any atom is -0.507 e. The maximum atomic E-state index is 12.6. The Labute approximate surface area is 184 Å². The Kier molecular flexibility index (Phi) is 5.30. The van der Waals surface area contributed by atoms with E-state index in [1.165, 1.54) is 12.1 Å². The highest BCUT2D eigenvalue weighted by atomic mass is 16.5. The predicted molar refractivity (Wildman–Crippen MR) is 120 cm³/mol. The van der Waals surface area contributed by atoms with E-state index in [4.69, 9.17) is 4.74 Å². The van der Waals surface area contributed by atoms with Crippen LogP contribution in [0.3, 0.4) is 0 Å². The molecule has 0 unspecified atom stereocenters. The van der Waals surface area contributed by atoms with Gasteiger partial charge < -0.3 is 14.9 Å². The highest BCUT2D eigenvalue weighted by molar-refractivity contribution is 6.52. The van der Waals surface area contributed by atoms with E-state index >= 15 is 0 Å². The van der Waals surface area contributed by atoms with Gasteiger partial charge in [-0.25, -0.2) is 4.79 Å². The maximum Gasteiger partial charge on any atom is 0.341 e. The first-order valence-corrected chi connectivity index (χ1v) is 10.2. The van der Waals surface area contributed by atoms with Crippen LogP contribution >= 0.6 is 0 Å². The summed E-state index contributed by atoms with van der Waals surface area (Å²) in [7, 11) is 0. The average molecular weight is 430 g/mol. The number of carbonyl (C=O) groups is 3. The number of phenols is 1. The third kappa shape index (κ3) is 3.75. The Morgan fingerprint density at radius 2 is 1.53 bits per heavy atom. The van der Waals surface area contributed by atoms with E-state index in [2.05, 4.69) is 0 Å². The van der Waals surface area contributed by atoms with Gasteiger partial charge in [-0.15, -0.1) is 0 Å². The summed E-state index contributed by atoms with van der Waals surface area (Å²) < 4.78 is 5.43. The number of ketones is 2. The molecular formula is C26H22O6. The van der Waals surface area contributed by atoms with Gasteiger partial charge in [0.05, 0.1) is 6.61 Å². The third-order valence-electron chi connectivity index (χ3n) is 5.56. The molecule has 6 nitrogen and oxygen atoms in total. The quantitative estimate of drug-likeness (QED) is 0.443. The molecule has 3 aromatic rings. The molecule has 0 saturated carbocycles. The smallest absolute Gasteiger partial charge is 0.341 e. The van der Waals surface area contributed by atoms with E-state index in [9.17, 15) is 24.6 Å². The molecule has 0 amide bonds. The van der Waals surface area contributed by atoms with Gasteiger partial charge in [-0.3, -0.25) is 9.59 Å². The van der Waals surface area contributed by atoms with Crippen LogP contribution in [0.5, 0.6) is 5.75 Å². The van der Waals surface area contributed by atoms with Crippen LogP contribution < -0.4 is 0 Å². The summed E-state index contributed by atoms with van der Waals surface area (Å²) >= 11 is 0. The summed E-state index contributed by atoms with van der Waals surface area (Å²) in [5, 5.41) is 22.4. The molecular weight excluding hydrogens is 408 g/mol. The zero-order valence-electron chi connectivity index (χ0n) is 17.7. The fraction of sp³-hybridized carbons (Fsp3) is 0.192. The lowest BCUT2D eigenvalue weighted by Gasteiger charge is -2.27. The van der Waals surface area contributed by atoms with Gasteiger partial charge in [0.15, 0.2) is 0 Å². The zero-order chi connectivity index (χ0) is 23.0. The number of fused-ring (bicyclic) bond motifs is 2. The molecule has 1 aliphatic rings. The van der Waals surface area contributed by atoms with Crippen molar-refractivity contribution in [3.8, 4) is 5.75 Å². The van der Waals surface area contributed by atoms with Crippen LogP contribution in [0.2, 0.25) is 0 Å². The second-order valence-electron chi connectivity index (χ2n) is 8.63. The number of carbonyl (C=O) groups excluding carboxylic acids is 3. The molecule has 162 valence electrons. The van der Waals surface area contributed by atoms with Gasteiger partial charge in [-0.05, 0) is 17.9 Å². The molecule has 3 aromatic carbocycles. The van der Waals surface area contributed by atoms with Crippen molar-refractivity contribution in [1.29, 1.82) is 0 Å².